The molecule has 1 aromatic heterocycles. The number of benzene rings is 1. The van der Waals surface area contributed by atoms with Crippen molar-refractivity contribution >= 4 is 0 Å². The molecule has 1 aliphatic rings. The van der Waals surface area contributed by atoms with Gasteiger partial charge in [0, 0.05) is 24.3 Å². The third-order valence-electron chi connectivity index (χ3n) is 4.35. The van der Waals surface area contributed by atoms with Gasteiger partial charge < -0.3 is 10.1 Å². The van der Waals surface area contributed by atoms with Gasteiger partial charge in [0.15, 0.2) is 0 Å². The zero-order valence-electron chi connectivity index (χ0n) is 12.8. The molecule has 112 valence electrons. The Labute approximate surface area is 126 Å². The van der Waals surface area contributed by atoms with Gasteiger partial charge in [-0.1, -0.05) is 18.2 Å². The number of para-hydroxylation sites is 1. The van der Waals surface area contributed by atoms with Crippen LogP contribution in [0.5, 0.6) is 5.75 Å². The van der Waals surface area contributed by atoms with Crippen LogP contribution in [0, 0.1) is 0 Å². The summed E-state index contributed by atoms with van der Waals surface area (Å²) in [7, 11) is 3.77. The van der Waals surface area contributed by atoms with Gasteiger partial charge in [0.1, 0.15) is 5.75 Å². The van der Waals surface area contributed by atoms with Crippen molar-refractivity contribution < 1.29 is 4.74 Å². The van der Waals surface area contributed by atoms with E-state index in [2.05, 4.69) is 22.5 Å². The summed E-state index contributed by atoms with van der Waals surface area (Å²) in [6.45, 7) is 0.958. The van der Waals surface area contributed by atoms with Crippen molar-refractivity contribution in [1.29, 1.82) is 0 Å². The third kappa shape index (κ3) is 2.95. The van der Waals surface area contributed by atoms with Crippen LogP contribution in [0.1, 0.15) is 35.7 Å². The molecule has 4 heteroatoms. The van der Waals surface area contributed by atoms with Crippen molar-refractivity contribution in [2.45, 2.75) is 31.7 Å². The maximum absolute atomic E-state index is 5.41. The fourth-order valence-electron chi connectivity index (χ4n) is 3.21. The Balaban J connectivity index is 1.61. The van der Waals surface area contributed by atoms with E-state index in [0.717, 1.165) is 25.1 Å². The molecular weight excluding hydrogens is 262 g/mol. The fourth-order valence-corrected chi connectivity index (χ4v) is 3.21. The van der Waals surface area contributed by atoms with Crippen molar-refractivity contribution in [3.8, 4) is 5.75 Å². The van der Waals surface area contributed by atoms with Gasteiger partial charge >= 0.3 is 0 Å². The van der Waals surface area contributed by atoms with Crippen molar-refractivity contribution in [2.24, 2.45) is 7.05 Å². The average Bonchev–Trinajstić information content (AvgIpc) is 2.90. The number of nitrogens with zero attached hydrogens (tertiary/aromatic N) is 2. The second kappa shape index (κ2) is 6.31. The molecule has 2 aromatic rings. The normalized spacial score (nSPS) is 17.5. The monoisotopic (exact) mass is 285 g/mol. The number of hydrogen-bond acceptors (Lipinski definition) is 3. The van der Waals surface area contributed by atoms with Gasteiger partial charge in [-0.25, -0.2) is 0 Å². The highest BCUT2D eigenvalue weighted by atomic mass is 16.5. The van der Waals surface area contributed by atoms with Crippen molar-refractivity contribution in [2.75, 3.05) is 13.7 Å². The first kappa shape index (κ1) is 14.1. The van der Waals surface area contributed by atoms with Crippen LogP contribution in [0.25, 0.3) is 0 Å². The van der Waals surface area contributed by atoms with E-state index in [4.69, 9.17) is 4.74 Å². The Hall–Kier alpha value is -1.81. The SMILES string of the molecule is COc1ccccc1CCNC1CCCc2c1cnn2C. The van der Waals surface area contributed by atoms with E-state index >= 15 is 0 Å². The van der Waals surface area contributed by atoms with E-state index < -0.39 is 0 Å². The second-order valence-corrected chi connectivity index (χ2v) is 5.63. The molecule has 0 bridgehead atoms. The summed E-state index contributed by atoms with van der Waals surface area (Å²) in [5, 5.41) is 8.08. The number of ether oxygens (including phenoxy) is 1. The smallest absolute Gasteiger partial charge is 0.122 e. The molecule has 0 aliphatic heterocycles. The summed E-state index contributed by atoms with van der Waals surface area (Å²) in [5.41, 5.74) is 4.02. The van der Waals surface area contributed by atoms with Gasteiger partial charge in [0.2, 0.25) is 0 Å². The number of nitrogens with one attached hydrogen (secondary N) is 1. The van der Waals surface area contributed by atoms with E-state index in [1.807, 2.05) is 30.1 Å². The van der Waals surface area contributed by atoms with Gasteiger partial charge in [-0.05, 0) is 43.9 Å². The molecule has 1 heterocycles. The Morgan fingerprint density at radius 2 is 2.24 bits per heavy atom. The Bertz CT molecular complexity index is 606. The third-order valence-corrected chi connectivity index (χ3v) is 4.35. The number of rotatable bonds is 5. The second-order valence-electron chi connectivity index (χ2n) is 5.63. The number of hydrogen-bond donors (Lipinski definition) is 1. The van der Waals surface area contributed by atoms with Gasteiger partial charge in [0.25, 0.3) is 0 Å². The zero-order chi connectivity index (χ0) is 14.7. The summed E-state index contributed by atoms with van der Waals surface area (Å²) in [4.78, 5) is 0. The topological polar surface area (TPSA) is 39.1 Å². The van der Waals surface area contributed by atoms with E-state index in [-0.39, 0.29) is 0 Å². The molecule has 3 rings (SSSR count). The van der Waals surface area contributed by atoms with E-state index in [9.17, 15) is 0 Å². The summed E-state index contributed by atoms with van der Waals surface area (Å²) in [6, 6.07) is 8.68. The molecule has 0 fully saturated rings. The first-order chi connectivity index (χ1) is 10.3. The molecule has 1 aliphatic carbocycles. The zero-order valence-corrected chi connectivity index (χ0v) is 12.8. The van der Waals surface area contributed by atoms with Crippen LogP contribution in [-0.4, -0.2) is 23.4 Å². The van der Waals surface area contributed by atoms with Crippen molar-refractivity contribution in [3.63, 3.8) is 0 Å². The lowest BCUT2D eigenvalue weighted by Gasteiger charge is -2.24. The molecule has 0 saturated carbocycles. The van der Waals surface area contributed by atoms with Crippen LogP contribution in [0.3, 0.4) is 0 Å². The number of methoxy groups -OCH3 is 1. The van der Waals surface area contributed by atoms with Crippen LogP contribution in [0.15, 0.2) is 30.5 Å². The average molecular weight is 285 g/mol. The fraction of sp³-hybridized carbons (Fsp3) is 0.471. The molecule has 1 unspecified atom stereocenters. The number of fused-ring (bicyclic) bond motifs is 1. The molecule has 21 heavy (non-hydrogen) atoms. The Kier molecular flexibility index (Phi) is 4.25. The van der Waals surface area contributed by atoms with Crippen LogP contribution in [0.2, 0.25) is 0 Å². The van der Waals surface area contributed by atoms with Crippen LogP contribution in [0.4, 0.5) is 0 Å². The summed E-state index contributed by atoms with van der Waals surface area (Å²) < 4.78 is 7.42. The Morgan fingerprint density at radius 1 is 1.38 bits per heavy atom. The predicted octanol–water partition coefficient (Wildman–Crippen LogP) is 2.64. The van der Waals surface area contributed by atoms with Crippen LogP contribution in [-0.2, 0) is 19.9 Å². The van der Waals surface area contributed by atoms with Crippen molar-refractivity contribution in [3.05, 3.63) is 47.3 Å². The van der Waals surface area contributed by atoms with Crippen LogP contribution >= 0.6 is 0 Å². The highest BCUT2D eigenvalue weighted by Crippen LogP contribution is 2.29. The lowest BCUT2D eigenvalue weighted by Crippen LogP contribution is -2.27. The number of aryl methyl sites for hydroxylation is 1. The number of aromatic nitrogens is 2. The molecule has 0 spiro atoms. The van der Waals surface area contributed by atoms with Crippen LogP contribution < -0.4 is 10.1 Å². The lowest BCUT2D eigenvalue weighted by atomic mass is 9.93. The van der Waals surface area contributed by atoms with E-state index in [1.165, 1.54) is 29.7 Å². The summed E-state index contributed by atoms with van der Waals surface area (Å²) in [6.07, 6.45) is 6.59. The summed E-state index contributed by atoms with van der Waals surface area (Å²) >= 11 is 0. The molecule has 0 saturated heterocycles. The van der Waals surface area contributed by atoms with Gasteiger partial charge in [-0.3, -0.25) is 4.68 Å². The van der Waals surface area contributed by atoms with E-state index in [1.54, 1.807) is 7.11 Å². The summed E-state index contributed by atoms with van der Waals surface area (Å²) in [5.74, 6) is 0.977. The maximum atomic E-state index is 5.41. The maximum Gasteiger partial charge on any atom is 0.122 e. The molecule has 0 amide bonds. The quantitative estimate of drug-likeness (QED) is 0.918. The predicted molar refractivity (Wildman–Crippen MR) is 83.6 cm³/mol. The minimum atomic E-state index is 0.442. The van der Waals surface area contributed by atoms with E-state index in [0.29, 0.717) is 6.04 Å². The molecule has 4 nitrogen and oxygen atoms in total. The molecular formula is C17H23N3O. The van der Waals surface area contributed by atoms with Gasteiger partial charge in [-0.2, -0.15) is 5.10 Å². The first-order valence-corrected chi connectivity index (χ1v) is 7.65. The Morgan fingerprint density at radius 3 is 3.10 bits per heavy atom. The molecule has 1 atom stereocenters. The molecule has 0 radical (unpaired) electrons. The standard InChI is InChI=1S/C17H23N3O/c1-20-16-8-5-7-15(14(16)12-19-20)18-11-10-13-6-3-4-9-17(13)21-2/h3-4,6,9,12,15,18H,5,7-8,10-11H2,1-2H3. The highest BCUT2D eigenvalue weighted by molar-refractivity contribution is 5.33. The largest absolute Gasteiger partial charge is 0.496 e. The first-order valence-electron chi connectivity index (χ1n) is 7.65. The minimum Gasteiger partial charge on any atom is -0.496 e. The molecule has 1 aromatic carbocycles. The highest BCUT2D eigenvalue weighted by Gasteiger charge is 2.22. The van der Waals surface area contributed by atoms with Crippen molar-refractivity contribution in [1.82, 2.24) is 15.1 Å². The van der Waals surface area contributed by atoms with Gasteiger partial charge in [0.05, 0.1) is 13.3 Å². The lowest BCUT2D eigenvalue weighted by molar-refractivity contribution is 0.406. The molecule has 1 N–H and O–H groups in total. The minimum absolute atomic E-state index is 0.442. The van der Waals surface area contributed by atoms with Gasteiger partial charge in [-0.15, -0.1) is 0 Å².